The first-order valence-electron chi connectivity index (χ1n) is 8.79. The van der Waals surface area contributed by atoms with Crippen LogP contribution in [0.3, 0.4) is 0 Å². The van der Waals surface area contributed by atoms with Crippen LogP contribution in [0.4, 0.5) is 0 Å². The van der Waals surface area contributed by atoms with Gasteiger partial charge in [-0.1, -0.05) is 36.4 Å². The van der Waals surface area contributed by atoms with Crippen LogP contribution in [0.2, 0.25) is 0 Å². The number of pyridine rings is 1. The van der Waals surface area contributed by atoms with E-state index in [4.69, 9.17) is 0 Å². The van der Waals surface area contributed by atoms with Gasteiger partial charge in [0, 0.05) is 29.6 Å². The van der Waals surface area contributed by atoms with Crippen LogP contribution >= 0.6 is 0 Å². The molecular formula is C20H23N3O3S. The molecule has 0 aliphatic carbocycles. The van der Waals surface area contributed by atoms with Gasteiger partial charge in [-0.15, -0.1) is 0 Å². The van der Waals surface area contributed by atoms with E-state index >= 15 is 0 Å². The van der Waals surface area contributed by atoms with Crippen LogP contribution in [0.1, 0.15) is 12.5 Å². The molecule has 1 atom stereocenters. The first-order valence-corrected chi connectivity index (χ1v) is 10.3. The standard InChI is InChI=1S/C20H23N3O3S/c1-15(12-21-10-9-16-5-3-2-4-6-16)23-27(25,26)18-8-7-17-13-22-14-20(24)19(17)11-18/h2-8,11,13-15,21,23-24H,9-10,12H2,1H3/t15-/m1/s1. The van der Waals surface area contributed by atoms with E-state index in [9.17, 15) is 13.5 Å². The minimum atomic E-state index is -3.68. The first-order chi connectivity index (χ1) is 13.0. The lowest BCUT2D eigenvalue weighted by Crippen LogP contribution is -2.40. The van der Waals surface area contributed by atoms with Gasteiger partial charge < -0.3 is 10.4 Å². The Bertz CT molecular complexity index is 1010. The third-order valence-electron chi connectivity index (χ3n) is 4.26. The molecule has 0 amide bonds. The van der Waals surface area contributed by atoms with Crippen LogP contribution in [-0.4, -0.2) is 37.6 Å². The van der Waals surface area contributed by atoms with Gasteiger partial charge in [0.25, 0.3) is 0 Å². The van der Waals surface area contributed by atoms with Crippen LogP contribution in [-0.2, 0) is 16.4 Å². The lowest BCUT2D eigenvalue weighted by atomic mass is 10.1. The summed E-state index contributed by atoms with van der Waals surface area (Å²) in [5.74, 6) is -0.0415. The summed E-state index contributed by atoms with van der Waals surface area (Å²) >= 11 is 0. The van der Waals surface area contributed by atoms with Crippen molar-refractivity contribution in [3.05, 3.63) is 66.5 Å². The Labute approximate surface area is 159 Å². The van der Waals surface area contributed by atoms with Gasteiger partial charge in [-0.2, -0.15) is 0 Å². The summed E-state index contributed by atoms with van der Waals surface area (Å²) in [4.78, 5) is 4.01. The molecule has 0 bridgehead atoms. The Hall–Kier alpha value is -2.48. The Morgan fingerprint density at radius 2 is 1.89 bits per heavy atom. The van der Waals surface area contributed by atoms with Gasteiger partial charge in [-0.3, -0.25) is 4.98 Å². The zero-order valence-corrected chi connectivity index (χ0v) is 15.9. The number of hydrogen-bond acceptors (Lipinski definition) is 5. The van der Waals surface area contributed by atoms with Gasteiger partial charge in [-0.05, 0) is 37.6 Å². The summed E-state index contributed by atoms with van der Waals surface area (Å²) in [6.07, 6.45) is 3.77. The van der Waals surface area contributed by atoms with E-state index < -0.39 is 10.0 Å². The molecule has 0 saturated carbocycles. The van der Waals surface area contributed by atoms with Gasteiger partial charge in [0.15, 0.2) is 0 Å². The van der Waals surface area contributed by atoms with E-state index in [1.807, 2.05) is 25.1 Å². The Balaban J connectivity index is 1.58. The van der Waals surface area contributed by atoms with Crippen molar-refractivity contribution in [1.29, 1.82) is 0 Å². The highest BCUT2D eigenvalue weighted by Gasteiger charge is 2.18. The number of nitrogens with one attached hydrogen (secondary N) is 2. The molecule has 0 unspecified atom stereocenters. The first kappa shape index (κ1) is 19.3. The molecule has 0 saturated heterocycles. The fourth-order valence-electron chi connectivity index (χ4n) is 2.87. The highest BCUT2D eigenvalue weighted by atomic mass is 32.2. The Kier molecular flexibility index (Phi) is 6.05. The van der Waals surface area contributed by atoms with Crippen molar-refractivity contribution >= 4 is 20.8 Å². The molecule has 6 nitrogen and oxygen atoms in total. The average Bonchev–Trinajstić information content (AvgIpc) is 2.66. The van der Waals surface area contributed by atoms with Gasteiger partial charge >= 0.3 is 0 Å². The van der Waals surface area contributed by atoms with Crippen molar-refractivity contribution in [1.82, 2.24) is 15.0 Å². The lowest BCUT2D eigenvalue weighted by Gasteiger charge is -2.15. The molecule has 2 aromatic carbocycles. The lowest BCUT2D eigenvalue weighted by molar-refractivity contribution is 0.479. The third-order valence-corrected chi connectivity index (χ3v) is 5.85. The van der Waals surface area contributed by atoms with E-state index in [0.717, 1.165) is 13.0 Å². The molecule has 142 valence electrons. The van der Waals surface area contributed by atoms with Crippen LogP contribution in [0, 0.1) is 0 Å². The van der Waals surface area contributed by atoms with E-state index in [2.05, 4.69) is 27.2 Å². The van der Waals surface area contributed by atoms with Gasteiger partial charge in [-0.25, -0.2) is 13.1 Å². The van der Waals surface area contributed by atoms with E-state index in [-0.39, 0.29) is 16.7 Å². The second-order valence-corrected chi connectivity index (χ2v) is 8.22. The maximum absolute atomic E-state index is 12.6. The zero-order chi connectivity index (χ0) is 19.3. The third kappa shape index (κ3) is 5.03. The second-order valence-electron chi connectivity index (χ2n) is 6.50. The van der Waals surface area contributed by atoms with E-state index in [1.54, 1.807) is 12.3 Å². The van der Waals surface area contributed by atoms with Crippen LogP contribution < -0.4 is 10.0 Å². The number of aromatic nitrogens is 1. The van der Waals surface area contributed by atoms with E-state index in [0.29, 0.717) is 17.3 Å². The fourth-order valence-corrected chi connectivity index (χ4v) is 4.13. The highest BCUT2D eigenvalue weighted by molar-refractivity contribution is 7.89. The summed E-state index contributed by atoms with van der Waals surface area (Å²) in [6, 6.07) is 14.5. The topological polar surface area (TPSA) is 91.3 Å². The number of hydrogen-bond donors (Lipinski definition) is 3. The number of benzene rings is 2. The number of fused-ring (bicyclic) bond motifs is 1. The molecule has 0 aliphatic heterocycles. The molecule has 3 aromatic rings. The van der Waals surface area contributed by atoms with Crippen LogP contribution in [0.25, 0.3) is 10.8 Å². The van der Waals surface area contributed by atoms with Crippen molar-refractivity contribution in [2.75, 3.05) is 13.1 Å². The number of nitrogens with zero attached hydrogens (tertiary/aromatic N) is 1. The van der Waals surface area contributed by atoms with Crippen molar-refractivity contribution in [3.8, 4) is 5.75 Å². The minimum absolute atomic E-state index is 0.0415. The molecule has 0 aliphatic rings. The largest absolute Gasteiger partial charge is 0.506 e. The normalized spacial score (nSPS) is 12.9. The highest BCUT2D eigenvalue weighted by Crippen LogP contribution is 2.25. The van der Waals surface area contributed by atoms with Crippen molar-refractivity contribution in [2.24, 2.45) is 0 Å². The van der Waals surface area contributed by atoms with Gasteiger partial charge in [0.05, 0.1) is 11.1 Å². The van der Waals surface area contributed by atoms with Crippen LogP contribution in [0.5, 0.6) is 5.75 Å². The summed E-state index contributed by atoms with van der Waals surface area (Å²) in [6.45, 7) is 3.11. The Morgan fingerprint density at radius 1 is 1.11 bits per heavy atom. The molecule has 3 N–H and O–H groups in total. The average molecular weight is 385 g/mol. The van der Waals surface area contributed by atoms with Gasteiger partial charge in [0.2, 0.25) is 10.0 Å². The van der Waals surface area contributed by atoms with Crippen LogP contribution in [0.15, 0.2) is 65.8 Å². The predicted octanol–water partition coefficient (Wildman–Crippen LogP) is 2.44. The van der Waals surface area contributed by atoms with Crippen molar-refractivity contribution in [2.45, 2.75) is 24.3 Å². The molecule has 1 heterocycles. The molecule has 1 aromatic heterocycles. The summed E-state index contributed by atoms with van der Waals surface area (Å²) < 4.78 is 27.9. The molecule has 7 heteroatoms. The minimum Gasteiger partial charge on any atom is -0.506 e. The maximum atomic E-state index is 12.6. The quantitative estimate of drug-likeness (QED) is 0.518. The molecule has 3 rings (SSSR count). The van der Waals surface area contributed by atoms with Crippen molar-refractivity contribution < 1.29 is 13.5 Å². The maximum Gasteiger partial charge on any atom is 0.240 e. The summed E-state index contributed by atoms with van der Waals surface area (Å²) in [5.41, 5.74) is 1.24. The predicted molar refractivity (Wildman–Crippen MR) is 106 cm³/mol. The summed E-state index contributed by atoms with van der Waals surface area (Å²) in [5, 5.41) is 14.3. The smallest absolute Gasteiger partial charge is 0.240 e. The summed E-state index contributed by atoms with van der Waals surface area (Å²) in [7, 11) is -3.68. The molecular weight excluding hydrogens is 362 g/mol. The fraction of sp³-hybridized carbons (Fsp3) is 0.250. The number of sulfonamides is 1. The second kappa shape index (κ2) is 8.47. The SMILES string of the molecule is C[C@H](CNCCc1ccccc1)NS(=O)(=O)c1ccc2cncc(O)c2c1. The molecule has 0 radical (unpaired) electrons. The van der Waals surface area contributed by atoms with E-state index in [1.165, 1.54) is 23.9 Å². The number of aromatic hydroxyl groups is 1. The zero-order valence-electron chi connectivity index (χ0n) is 15.1. The molecule has 0 fully saturated rings. The molecule has 0 spiro atoms. The number of rotatable bonds is 8. The van der Waals surface area contributed by atoms with Crippen molar-refractivity contribution in [3.63, 3.8) is 0 Å². The van der Waals surface area contributed by atoms with Gasteiger partial charge in [0.1, 0.15) is 5.75 Å². The monoisotopic (exact) mass is 385 g/mol. The Morgan fingerprint density at radius 3 is 2.67 bits per heavy atom. The molecule has 27 heavy (non-hydrogen) atoms.